The van der Waals surface area contributed by atoms with Gasteiger partial charge in [0.2, 0.25) is 0 Å². The molecule has 0 aliphatic rings. The van der Waals surface area contributed by atoms with Crippen LogP contribution in [0.3, 0.4) is 0 Å². The summed E-state index contributed by atoms with van der Waals surface area (Å²) in [6, 6.07) is 11.9. The first-order valence-electron chi connectivity index (χ1n) is 7.34. The van der Waals surface area contributed by atoms with Crippen LogP contribution in [0.2, 0.25) is 0 Å². The highest BCUT2D eigenvalue weighted by Gasteiger charge is 2.13. The number of nitrogens with zero attached hydrogens (tertiary/aromatic N) is 1. The van der Waals surface area contributed by atoms with E-state index >= 15 is 0 Å². The highest BCUT2D eigenvalue weighted by Crippen LogP contribution is 2.22. The van der Waals surface area contributed by atoms with Crippen molar-refractivity contribution < 1.29 is 18.1 Å². The summed E-state index contributed by atoms with van der Waals surface area (Å²) in [6.07, 6.45) is 1.07. The Morgan fingerprint density at radius 1 is 1.12 bits per heavy atom. The van der Waals surface area contributed by atoms with E-state index in [1.807, 2.05) is 0 Å². The van der Waals surface area contributed by atoms with E-state index in [0.717, 1.165) is 6.26 Å². The second kappa shape index (κ2) is 7.75. The van der Waals surface area contributed by atoms with Gasteiger partial charge in [-0.05, 0) is 24.3 Å². The zero-order valence-corrected chi connectivity index (χ0v) is 14.2. The van der Waals surface area contributed by atoms with Gasteiger partial charge in [-0.3, -0.25) is 14.9 Å². The van der Waals surface area contributed by atoms with Crippen LogP contribution in [0.4, 0.5) is 11.4 Å². The predicted molar refractivity (Wildman–Crippen MR) is 93.5 cm³/mol. The molecule has 132 valence electrons. The number of nitro benzene ring substituents is 1. The van der Waals surface area contributed by atoms with Crippen LogP contribution in [-0.2, 0) is 9.84 Å². The average Bonchev–Trinajstić information content (AvgIpc) is 2.58. The number of carbonyl (C=O) groups is 1. The molecule has 0 radical (unpaired) electrons. The van der Waals surface area contributed by atoms with Gasteiger partial charge in [0.05, 0.1) is 9.82 Å². The average molecular weight is 363 g/mol. The number of amides is 1. The maximum absolute atomic E-state index is 12.1. The van der Waals surface area contributed by atoms with Crippen molar-refractivity contribution in [2.75, 3.05) is 24.7 Å². The third-order valence-electron chi connectivity index (χ3n) is 3.35. The number of para-hydroxylation sites is 2. The topological polar surface area (TPSA) is 118 Å². The Morgan fingerprint density at radius 3 is 2.52 bits per heavy atom. The van der Waals surface area contributed by atoms with Crippen LogP contribution in [0.15, 0.2) is 53.4 Å². The first-order valence-corrected chi connectivity index (χ1v) is 9.24. The highest BCUT2D eigenvalue weighted by molar-refractivity contribution is 7.90. The largest absolute Gasteiger partial charge is 0.378 e. The van der Waals surface area contributed by atoms with Crippen LogP contribution in [0.5, 0.6) is 0 Å². The number of hydrogen-bond acceptors (Lipinski definition) is 6. The van der Waals surface area contributed by atoms with Gasteiger partial charge in [0.25, 0.3) is 11.6 Å². The van der Waals surface area contributed by atoms with Crippen molar-refractivity contribution in [3.05, 3.63) is 64.2 Å². The molecule has 0 unspecified atom stereocenters. The lowest BCUT2D eigenvalue weighted by Gasteiger charge is -2.09. The van der Waals surface area contributed by atoms with Gasteiger partial charge in [0.15, 0.2) is 9.84 Å². The van der Waals surface area contributed by atoms with Gasteiger partial charge in [-0.1, -0.05) is 18.2 Å². The monoisotopic (exact) mass is 363 g/mol. The van der Waals surface area contributed by atoms with Crippen LogP contribution in [-0.4, -0.2) is 38.6 Å². The summed E-state index contributed by atoms with van der Waals surface area (Å²) in [5.74, 6) is -0.421. The van der Waals surface area contributed by atoms with Crippen LogP contribution >= 0.6 is 0 Å². The van der Waals surface area contributed by atoms with Crippen molar-refractivity contribution in [1.82, 2.24) is 5.32 Å². The van der Waals surface area contributed by atoms with Crippen LogP contribution in [0, 0.1) is 10.1 Å². The Hall–Kier alpha value is -2.94. The Kier molecular flexibility index (Phi) is 5.71. The second-order valence-electron chi connectivity index (χ2n) is 5.26. The second-order valence-corrected chi connectivity index (χ2v) is 7.27. The Morgan fingerprint density at radius 2 is 1.84 bits per heavy atom. The SMILES string of the molecule is CS(=O)(=O)c1cccc(C(=O)NCCNc2ccccc2[N+](=O)[O-])c1. The van der Waals surface area contributed by atoms with Gasteiger partial charge in [-0.2, -0.15) is 0 Å². The van der Waals surface area contributed by atoms with Crippen molar-refractivity contribution in [3.8, 4) is 0 Å². The molecule has 0 spiro atoms. The van der Waals surface area contributed by atoms with E-state index in [1.54, 1.807) is 18.2 Å². The lowest BCUT2D eigenvalue weighted by molar-refractivity contribution is -0.384. The zero-order valence-electron chi connectivity index (χ0n) is 13.4. The Balaban J connectivity index is 1.93. The number of nitrogens with one attached hydrogen (secondary N) is 2. The summed E-state index contributed by atoms with van der Waals surface area (Å²) in [5.41, 5.74) is 0.545. The van der Waals surface area contributed by atoms with Gasteiger partial charge in [0, 0.05) is 31.0 Å². The molecule has 1 amide bonds. The predicted octanol–water partition coefficient (Wildman–Crippen LogP) is 1.84. The highest BCUT2D eigenvalue weighted by atomic mass is 32.2. The minimum atomic E-state index is -3.39. The lowest BCUT2D eigenvalue weighted by Crippen LogP contribution is -2.29. The van der Waals surface area contributed by atoms with Crippen molar-refractivity contribution in [2.24, 2.45) is 0 Å². The molecule has 0 atom stereocenters. The van der Waals surface area contributed by atoms with E-state index in [9.17, 15) is 23.3 Å². The molecule has 0 bridgehead atoms. The van der Waals surface area contributed by atoms with E-state index in [1.165, 1.54) is 30.3 Å². The molecule has 2 rings (SSSR count). The number of nitro groups is 1. The lowest BCUT2D eigenvalue weighted by atomic mass is 10.2. The summed E-state index contributed by atoms with van der Waals surface area (Å²) < 4.78 is 23.0. The van der Waals surface area contributed by atoms with E-state index in [2.05, 4.69) is 10.6 Å². The molecule has 0 saturated heterocycles. The molecule has 25 heavy (non-hydrogen) atoms. The van der Waals surface area contributed by atoms with Gasteiger partial charge in [-0.25, -0.2) is 8.42 Å². The van der Waals surface area contributed by atoms with Gasteiger partial charge >= 0.3 is 0 Å². The fourth-order valence-electron chi connectivity index (χ4n) is 2.13. The zero-order chi connectivity index (χ0) is 18.4. The molecule has 2 N–H and O–H groups in total. The number of carbonyl (C=O) groups excluding carboxylic acids is 1. The molecule has 8 nitrogen and oxygen atoms in total. The van der Waals surface area contributed by atoms with E-state index in [4.69, 9.17) is 0 Å². The number of hydrogen-bond donors (Lipinski definition) is 2. The molecular formula is C16H17N3O5S. The molecule has 9 heteroatoms. The Bertz CT molecular complexity index is 896. The smallest absolute Gasteiger partial charge is 0.292 e. The fraction of sp³-hybridized carbons (Fsp3) is 0.188. The molecule has 0 aromatic heterocycles. The first-order chi connectivity index (χ1) is 11.8. The minimum Gasteiger partial charge on any atom is -0.378 e. The van der Waals surface area contributed by atoms with E-state index in [0.29, 0.717) is 5.69 Å². The maximum Gasteiger partial charge on any atom is 0.292 e. The number of benzene rings is 2. The summed E-state index contributed by atoms with van der Waals surface area (Å²) in [5, 5.41) is 16.4. The van der Waals surface area contributed by atoms with Crippen molar-refractivity contribution in [1.29, 1.82) is 0 Å². The van der Waals surface area contributed by atoms with Crippen LogP contribution < -0.4 is 10.6 Å². The van der Waals surface area contributed by atoms with Crippen molar-refractivity contribution >= 4 is 27.1 Å². The molecule has 0 saturated carbocycles. The summed E-state index contributed by atoms with van der Waals surface area (Å²) >= 11 is 0. The third-order valence-corrected chi connectivity index (χ3v) is 4.46. The van der Waals surface area contributed by atoms with Gasteiger partial charge < -0.3 is 10.6 Å². The molecule has 2 aromatic rings. The quantitative estimate of drug-likeness (QED) is 0.440. The van der Waals surface area contributed by atoms with Crippen molar-refractivity contribution in [3.63, 3.8) is 0 Å². The standard InChI is InChI=1S/C16H17N3O5S/c1-25(23,24)13-6-4-5-12(11-13)16(20)18-10-9-17-14-7-2-3-8-15(14)19(21)22/h2-8,11,17H,9-10H2,1H3,(H,18,20). The van der Waals surface area contributed by atoms with Crippen LogP contribution in [0.1, 0.15) is 10.4 Å². The molecule has 0 aliphatic heterocycles. The Labute approximate surface area is 144 Å². The first kappa shape index (κ1) is 18.4. The molecule has 0 fully saturated rings. The van der Waals surface area contributed by atoms with E-state index in [-0.39, 0.29) is 29.2 Å². The van der Waals surface area contributed by atoms with Gasteiger partial charge in [0.1, 0.15) is 5.69 Å². The number of anilines is 1. The fourth-order valence-corrected chi connectivity index (χ4v) is 2.79. The molecule has 0 aliphatic carbocycles. The molecule has 2 aromatic carbocycles. The van der Waals surface area contributed by atoms with Gasteiger partial charge in [-0.15, -0.1) is 0 Å². The third kappa shape index (κ3) is 5.01. The van der Waals surface area contributed by atoms with Crippen molar-refractivity contribution in [2.45, 2.75) is 4.90 Å². The maximum atomic E-state index is 12.1. The minimum absolute atomic E-state index is 0.0466. The molecule has 0 heterocycles. The number of rotatable bonds is 7. The normalized spacial score (nSPS) is 10.9. The molecular weight excluding hydrogens is 346 g/mol. The van der Waals surface area contributed by atoms with E-state index < -0.39 is 20.7 Å². The van der Waals surface area contributed by atoms with Crippen LogP contribution in [0.25, 0.3) is 0 Å². The number of sulfone groups is 1. The summed E-state index contributed by atoms with van der Waals surface area (Å²) in [4.78, 5) is 22.6. The summed E-state index contributed by atoms with van der Waals surface area (Å²) in [6.45, 7) is 0.496. The summed E-state index contributed by atoms with van der Waals surface area (Å²) in [7, 11) is -3.39.